The number of thiazole rings is 1. The monoisotopic (exact) mass is 273 g/mol. The molecule has 0 unspecified atom stereocenters. The van der Waals surface area contributed by atoms with Crippen molar-refractivity contribution in [2.75, 3.05) is 13.1 Å². The standard InChI is InChI=1S/C15H19N3S/c1-2-12(15-5-7-17-9-13(15)3-1)8-16-6-4-14-10-19-11-18-14/h1-3,10-11,16-17H,4-9H2. The van der Waals surface area contributed by atoms with E-state index in [1.54, 1.807) is 16.9 Å². The number of nitrogens with zero attached hydrogens (tertiary/aromatic N) is 1. The first-order valence-corrected chi connectivity index (χ1v) is 7.76. The third-order valence-corrected chi connectivity index (χ3v) is 4.23. The highest BCUT2D eigenvalue weighted by atomic mass is 32.1. The summed E-state index contributed by atoms with van der Waals surface area (Å²) in [6.45, 7) is 4.07. The molecule has 19 heavy (non-hydrogen) atoms. The van der Waals surface area contributed by atoms with Gasteiger partial charge in [-0.15, -0.1) is 11.3 Å². The SMILES string of the molecule is c1cc(CNCCc2cscn2)c2c(c1)CNCC2. The summed E-state index contributed by atoms with van der Waals surface area (Å²) in [4.78, 5) is 4.30. The minimum Gasteiger partial charge on any atom is -0.312 e. The molecule has 2 N–H and O–H groups in total. The van der Waals surface area contributed by atoms with Crippen LogP contribution in [0, 0.1) is 0 Å². The highest BCUT2D eigenvalue weighted by molar-refractivity contribution is 7.07. The van der Waals surface area contributed by atoms with Gasteiger partial charge in [0.2, 0.25) is 0 Å². The van der Waals surface area contributed by atoms with E-state index in [1.165, 1.54) is 16.8 Å². The molecule has 0 radical (unpaired) electrons. The van der Waals surface area contributed by atoms with Crippen LogP contribution in [0.5, 0.6) is 0 Å². The van der Waals surface area contributed by atoms with Crippen LogP contribution in [0.1, 0.15) is 22.4 Å². The third-order valence-electron chi connectivity index (χ3n) is 3.59. The Bertz CT molecular complexity index is 522. The van der Waals surface area contributed by atoms with Crippen molar-refractivity contribution in [3.05, 3.63) is 51.5 Å². The van der Waals surface area contributed by atoms with Crippen molar-refractivity contribution in [2.45, 2.75) is 25.9 Å². The first-order chi connectivity index (χ1) is 9.43. The van der Waals surface area contributed by atoms with Gasteiger partial charge in [-0.2, -0.15) is 0 Å². The summed E-state index contributed by atoms with van der Waals surface area (Å²) in [7, 11) is 0. The molecule has 0 amide bonds. The van der Waals surface area contributed by atoms with Crippen LogP contribution in [0.15, 0.2) is 29.1 Å². The highest BCUT2D eigenvalue weighted by Gasteiger charge is 2.11. The van der Waals surface area contributed by atoms with Gasteiger partial charge in [0.15, 0.2) is 0 Å². The molecule has 2 aromatic rings. The van der Waals surface area contributed by atoms with Crippen molar-refractivity contribution >= 4 is 11.3 Å². The van der Waals surface area contributed by atoms with E-state index in [9.17, 15) is 0 Å². The Morgan fingerprint density at radius 3 is 3.26 bits per heavy atom. The Morgan fingerprint density at radius 2 is 2.37 bits per heavy atom. The lowest BCUT2D eigenvalue weighted by atomic mass is 9.95. The molecule has 0 bridgehead atoms. The third kappa shape index (κ3) is 3.21. The second-order valence-electron chi connectivity index (χ2n) is 4.89. The summed E-state index contributed by atoms with van der Waals surface area (Å²) in [6, 6.07) is 6.66. The lowest BCUT2D eigenvalue weighted by Crippen LogP contribution is -2.26. The summed E-state index contributed by atoms with van der Waals surface area (Å²) < 4.78 is 0. The van der Waals surface area contributed by atoms with Crippen LogP contribution in [-0.4, -0.2) is 18.1 Å². The Hall–Kier alpha value is -1.23. The molecule has 0 saturated heterocycles. The number of benzene rings is 1. The van der Waals surface area contributed by atoms with Crippen molar-refractivity contribution in [2.24, 2.45) is 0 Å². The van der Waals surface area contributed by atoms with E-state index < -0.39 is 0 Å². The maximum Gasteiger partial charge on any atom is 0.0794 e. The maximum atomic E-state index is 4.30. The quantitative estimate of drug-likeness (QED) is 0.819. The van der Waals surface area contributed by atoms with Crippen molar-refractivity contribution < 1.29 is 0 Å². The molecule has 0 aliphatic carbocycles. The van der Waals surface area contributed by atoms with Crippen LogP contribution >= 0.6 is 11.3 Å². The van der Waals surface area contributed by atoms with Gasteiger partial charge in [-0.1, -0.05) is 18.2 Å². The van der Waals surface area contributed by atoms with Crippen molar-refractivity contribution in [1.29, 1.82) is 0 Å². The highest BCUT2D eigenvalue weighted by Crippen LogP contribution is 2.18. The van der Waals surface area contributed by atoms with E-state index in [-0.39, 0.29) is 0 Å². The Balaban J connectivity index is 1.55. The average molecular weight is 273 g/mol. The van der Waals surface area contributed by atoms with Gasteiger partial charge in [0.05, 0.1) is 11.2 Å². The zero-order valence-corrected chi connectivity index (χ0v) is 11.8. The predicted octanol–water partition coefficient (Wildman–Crippen LogP) is 2.12. The molecule has 3 rings (SSSR count). The lowest BCUT2D eigenvalue weighted by molar-refractivity contribution is 0.625. The fraction of sp³-hybridized carbons (Fsp3) is 0.400. The number of nitrogens with one attached hydrogen (secondary N) is 2. The van der Waals surface area contributed by atoms with Crippen LogP contribution in [0.25, 0.3) is 0 Å². The summed E-state index contributed by atoms with van der Waals surface area (Å²) in [6.07, 6.45) is 2.17. The van der Waals surface area contributed by atoms with Gasteiger partial charge in [0, 0.05) is 31.4 Å². The average Bonchev–Trinajstić information content (AvgIpc) is 2.97. The fourth-order valence-electron chi connectivity index (χ4n) is 2.58. The molecule has 3 nitrogen and oxygen atoms in total. The molecule has 1 aromatic carbocycles. The van der Waals surface area contributed by atoms with Crippen LogP contribution < -0.4 is 10.6 Å². The van der Waals surface area contributed by atoms with Gasteiger partial charge < -0.3 is 10.6 Å². The van der Waals surface area contributed by atoms with Gasteiger partial charge in [0.25, 0.3) is 0 Å². The number of hydrogen-bond acceptors (Lipinski definition) is 4. The summed E-state index contributed by atoms with van der Waals surface area (Å²) in [5.74, 6) is 0. The van der Waals surface area contributed by atoms with Crippen LogP contribution in [0.4, 0.5) is 0 Å². The smallest absolute Gasteiger partial charge is 0.0794 e. The number of fused-ring (bicyclic) bond motifs is 1. The summed E-state index contributed by atoms with van der Waals surface area (Å²) >= 11 is 1.67. The van der Waals surface area contributed by atoms with Crippen molar-refractivity contribution in [1.82, 2.24) is 15.6 Å². The predicted molar refractivity (Wildman–Crippen MR) is 79.4 cm³/mol. The summed E-state index contributed by atoms with van der Waals surface area (Å²) in [5, 5.41) is 9.08. The van der Waals surface area contributed by atoms with Crippen LogP contribution in [0.3, 0.4) is 0 Å². The van der Waals surface area contributed by atoms with E-state index >= 15 is 0 Å². The maximum absolute atomic E-state index is 4.30. The fourth-order valence-corrected chi connectivity index (χ4v) is 3.17. The van der Waals surface area contributed by atoms with Gasteiger partial charge in [-0.05, 0) is 29.7 Å². The topological polar surface area (TPSA) is 37.0 Å². The molecule has 1 aromatic heterocycles. The van der Waals surface area contributed by atoms with E-state index in [0.717, 1.165) is 39.0 Å². The van der Waals surface area contributed by atoms with Crippen molar-refractivity contribution in [3.63, 3.8) is 0 Å². The molecule has 2 heterocycles. The largest absolute Gasteiger partial charge is 0.312 e. The van der Waals surface area contributed by atoms with Crippen molar-refractivity contribution in [3.8, 4) is 0 Å². The van der Waals surface area contributed by atoms with Gasteiger partial charge in [0.1, 0.15) is 0 Å². The minimum absolute atomic E-state index is 0.966. The van der Waals surface area contributed by atoms with Crippen LogP contribution in [-0.2, 0) is 25.9 Å². The molecule has 0 spiro atoms. The molecular formula is C15H19N3S. The molecule has 0 saturated carbocycles. The number of rotatable bonds is 5. The van der Waals surface area contributed by atoms with E-state index in [2.05, 4.69) is 39.2 Å². The number of hydrogen-bond donors (Lipinski definition) is 2. The first kappa shape index (κ1) is 12.8. The molecule has 1 aliphatic rings. The molecule has 1 aliphatic heterocycles. The van der Waals surface area contributed by atoms with Gasteiger partial charge in [-0.25, -0.2) is 4.98 Å². The van der Waals surface area contributed by atoms with Crippen LogP contribution in [0.2, 0.25) is 0 Å². The minimum atomic E-state index is 0.966. The first-order valence-electron chi connectivity index (χ1n) is 6.81. The van der Waals surface area contributed by atoms with E-state index in [4.69, 9.17) is 0 Å². The molecule has 100 valence electrons. The van der Waals surface area contributed by atoms with E-state index in [0.29, 0.717) is 0 Å². The second kappa shape index (κ2) is 6.28. The lowest BCUT2D eigenvalue weighted by Gasteiger charge is -2.20. The summed E-state index contributed by atoms with van der Waals surface area (Å²) in [5.41, 5.74) is 7.55. The molecule has 4 heteroatoms. The Labute approximate surface area is 118 Å². The second-order valence-corrected chi connectivity index (χ2v) is 5.61. The molecule has 0 fully saturated rings. The Morgan fingerprint density at radius 1 is 1.37 bits per heavy atom. The zero-order chi connectivity index (χ0) is 12.9. The van der Waals surface area contributed by atoms with E-state index in [1.807, 2.05) is 5.51 Å². The molecule has 0 atom stereocenters. The normalized spacial score (nSPS) is 14.3. The zero-order valence-electron chi connectivity index (χ0n) is 11.0. The van der Waals surface area contributed by atoms with Gasteiger partial charge >= 0.3 is 0 Å². The Kier molecular flexibility index (Phi) is 4.23. The molecular weight excluding hydrogens is 254 g/mol. The van der Waals surface area contributed by atoms with Gasteiger partial charge in [-0.3, -0.25) is 0 Å². The number of aromatic nitrogens is 1.